The molecule has 0 aromatic heterocycles. The predicted molar refractivity (Wildman–Crippen MR) is 82.3 cm³/mol. The van der Waals surface area contributed by atoms with Crippen molar-refractivity contribution in [2.45, 2.75) is 25.8 Å². The van der Waals surface area contributed by atoms with Crippen LogP contribution in [0.5, 0.6) is 5.75 Å². The second-order valence-electron chi connectivity index (χ2n) is 5.42. The van der Waals surface area contributed by atoms with Gasteiger partial charge in [-0.05, 0) is 37.9 Å². The molecule has 0 fully saturated rings. The van der Waals surface area contributed by atoms with Crippen LogP contribution >= 0.6 is 0 Å². The number of hydrogen-bond acceptors (Lipinski definition) is 2. The van der Waals surface area contributed by atoms with Gasteiger partial charge >= 0.3 is 0 Å². The minimum absolute atomic E-state index is 0.184. The molecule has 0 bridgehead atoms. The second-order valence-corrected chi connectivity index (χ2v) is 5.42. The minimum Gasteiger partial charge on any atom is -0.493 e. The van der Waals surface area contributed by atoms with Crippen LogP contribution in [0.1, 0.15) is 34.7 Å². The predicted octanol–water partition coefficient (Wildman–Crippen LogP) is 3.63. The molecule has 1 aliphatic rings. The first-order valence-corrected chi connectivity index (χ1v) is 7.28. The fourth-order valence-electron chi connectivity index (χ4n) is 2.90. The lowest BCUT2D eigenvalue weighted by Gasteiger charge is -2.25. The van der Waals surface area contributed by atoms with Crippen molar-refractivity contribution in [2.75, 3.05) is 13.7 Å². The second kappa shape index (κ2) is 5.68. The molecule has 3 rings (SSSR count). The van der Waals surface area contributed by atoms with Gasteiger partial charge in [0.05, 0.1) is 12.6 Å². The number of hydrogen-bond donors (Lipinski definition) is 1. The first-order chi connectivity index (χ1) is 9.79. The molecule has 1 aliphatic heterocycles. The molecular weight excluding hydrogens is 246 g/mol. The molecule has 0 saturated carbocycles. The molecular formula is C18H21NO. The van der Waals surface area contributed by atoms with Crippen LogP contribution in [-0.4, -0.2) is 13.7 Å². The normalized spacial score (nSPS) is 15.3. The molecule has 0 radical (unpaired) electrons. The van der Waals surface area contributed by atoms with Gasteiger partial charge in [-0.25, -0.2) is 0 Å². The van der Waals surface area contributed by atoms with Crippen molar-refractivity contribution in [3.05, 3.63) is 64.7 Å². The number of para-hydroxylation sites is 1. The van der Waals surface area contributed by atoms with Gasteiger partial charge in [-0.3, -0.25) is 0 Å². The Kier molecular flexibility index (Phi) is 3.75. The van der Waals surface area contributed by atoms with E-state index in [-0.39, 0.29) is 6.04 Å². The van der Waals surface area contributed by atoms with E-state index in [1.807, 2.05) is 7.05 Å². The van der Waals surface area contributed by atoms with Crippen LogP contribution in [0.15, 0.2) is 42.5 Å². The van der Waals surface area contributed by atoms with Crippen molar-refractivity contribution >= 4 is 0 Å². The van der Waals surface area contributed by atoms with Gasteiger partial charge in [-0.15, -0.1) is 0 Å². The largest absolute Gasteiger partial charge is 0.493 e. The van der Waals surface area contributed by atoms with Gasteiger partial charge in [-0.1, -0.05) is 48.0 Å². The average Bonchev–Trinajstić information content (AvgIpc) is 2.50. The summed E-state index contributed by atoms with van der Waals surface area (Å²) in [4.78, 5) is 0. The summed E-state index contributed by atoms with van der Waals surface area (Å²) in [7, 11) is 2.01. The zero-order valence-corrected chi connectivity index (χ0v) is 12.1. The lowest BCUT2D eigenvalue weighted by atomic mass is 9.93. The Balaban J connectivity index is 2.03. The van der Waals surface area contributed by atoms with E-state index in [4.69, 9.17) is 4.74 Å². The zero-order chi connectivity index (χ0) is 13.9. The Labute approximate surface area is 120 Å². The number of benzene rings is 2. The van der Waals surface area contributed by atoms with Gasteiger partial charge in [0, 0.05) is 5.56 Å². The molecule has 0 saturated heterocycles. The van der Waals surface area contributed by atoms with E-state index in [1.54, 1.807) is 0 Å². The quantitative estimate of drug-likeness (QED) is 0.917. The van der Waals surface area contributed by atoms with Crippen LogP contribution in [0.25, 0.3) is 0 Å². The van der Waals surface area contributed by atoms with Crippen molar-refractivity contribution in [1.82, 2.24) is 5.32 Å². The first-order valence-electron chi connectivity index (χ1n) is 7.28. The Morgan fingerprint density at radius 1 is 1.10 bits per heavy atom. The van der Waals surface area contributed by atoms with E-state index < -0.39 is 0 Å². The molecule has 2 aromatic carbocycles. The third kappa shape index (κ3) is 2.44. The maximum absolute atomic E-state index is 5.94. The van der Waals surface area contributed by atoms with Crippen LogP contribution < -0.4 is 10.1 Å². The van der Waals surface area contributed by atoms with Crippen molar-refractivity contribution in [3.63, 3.8) is 0 Å². The van der Waals surface area contributed by atoms with Crippen molar-refractivity contribution < 1.29 is 4.74 Å². The summed E-state index contributed by atoms with van der Waals surface area (Å²) in [5.74, 6) is 1.08. The Morgan fingerprint density at radius 2 is 1.90 bits per heavy atom. The maximum Gasteiger partial charge on any atom is 0.127 e. The Hall–Kier alpha value is -1.80. The van der Waals surface area contributed by atoms with Gasteiger partial charge in [0.15, 0.2) is 0 Å². The van der Waals surface area contributed by atoms with Crippen molar-refractivity contribution in [1.29, 1.82) is 0 Å². The fraction of sp³-hybridized carbons (Fsp3) is 0.333. The number of aryl methyl sites for hydroxylation is 2. The summed E-state index contributed by atoms with van der Waals surface area (Å²) in [6.45, 7) is 2.94. The molecule has 1 atom stereocenters. The molecule has 20 heavy (non-hydrogen) atoms. The van der Waals surface area contributed by atoms with Crippen LogP contribution in [0.2, 0.25) is 0 Å². The van der Waals surface area contributed by atoms with Gasteiger partial charge in [-0.2, -0.15) is 0 Å². The van der Waals surface area contributed by atoms with E-state index in [1.165, 1.54) is 22.3 Å². The highest BCUT2D eigenvalue weighted by Crippen LogP contribution is 2.35. The molecule has 0 spiro atoms. The van der Waals surface area contributed by atoms with Crippen LogP contribution in [0.4, 0.5) is 0 Å². The van der Waals surface area contributed by atoms with Gasteiger partial charge in [0.25, 0.3) is 0 Å². The number of fused-ring (bicyclic) bond motifs is 1. The van der Waals surface area contributed by atoms with Crippen molar-refractivity contribution in [3.8, 4) is 5.75 Å². The summed E-state index contributed by atoms with van der Waals surface area (Å²) in [6, 6.07) is 15.4. The van der Waals surface area contributed by atoms with E-state index in [0.717, 1.165) is 25.2 Å². The van der Waals surface area contributed by atoms with E-state index in [0.29, 0.717) is 0 Å². The average molecular weight is 267 g/mol. The molecule has 0 aliphatic carbocycles. The molecule has 104 valence electrons. The third-order valence-corrected chi connectivity index (χ3v) is 3.97. The number of rotatable bonds is 3. The van der Waals surface area contributed by atoms with Crippen LogP contribution in [0.3, 0.4) is 0 Å². The first kappa shape index (κ1) is 13.2. The molecule has 1 heterocycles. The highest BCUT2D eigenvalue weighted by molar-refractivity contribution is 5.48. The fourth-order valence-corrected chi connectivity index (χ4v) is 2.90. The zero-order valence-electron chi connectivity index (χ0n) is 12.1. The summed E-state index contributed by atoms with van der Waals surface area (Å²) in [6.07, 6.45) is 2.23. The van der Waals surface area contributed by atoms with Gasteiger partial charge in [0.1, 0.15) is 5.75 Å². The molecule has 2 aromatic rings. The molecule has 0 amide bonds. The van der Waals surface area contributed by atoms with Crippen LogP contribution in [-0.2, 0) is 6.42 Å². The SMILES string of the molecule is CNC(c1ccc(C)cc1)c1cccc2c1OCCC2. The summed E-state index contributed by atoms with van der Waals surface area (Å²) in [5, 5.41) is 3.42. The lowest BCUT2D eigenvalue weighted by Crippen LogP contribution is -2.20. The highest BCUT2D eigenvalue weighted by atomic mass is 16.5. The maximum atomic E-state index is 5.94. The van der Waals surface area contributed by atoms with Crippen LogP contribution in [0, 0.1) is 6.92 Å². The number of nitrogens with one attached hydrogen (secondary N) is 1. The third-order valence-electron chi connectivity index (χ3n) is 3.97. The molecule has 2 heteroatoms. The monoisotopic (exact) mass is 267 g/mol. The van der Waals surface area contributed by atoms with E-state index in [9.17, 15) is 0 Å². The molecule has 1 unspecified atom stereocenters. The van der Waals surface area contributed by atoms with E-state index in [2.05, 4.69) is 54.7 Å². The summed E-state index contributed by atoms with van der Waals surface area (Å²) in [5.41, 5.74) is 5.14. The molecule has 1 N–H and O–H groups in total. The van der Waals surface area contributed by atoms with E-state index >= 15 is 0 Å². The number of ether oxygens (including phenoxy) is 1. The summed E-state index contributed by atoms with van der Waals surface area (Å²) < 4.78 is 5.94. The Bertz CT molecular complexity index is 589. The Morgan fingerprint density at radius 3 is 2.65 bits per heavy atom. The lowest BCUT2D eigenvalue weighted by molar-refractivity contribution is 0.283. The van der Waals surface area contributed by atoms with Crippen molar-refractivity contribution in [2.24, 2.45) is 0 Å². The van der Waals surface area contributed by atoms with Gasteiger partial charge < -0.3 is 10.1 Å². The van der Waals surface area contributed by atoms with Gasteiger partial charge in [0.2, 0.25) is 0 Å². The topological polar surface area (TPSA) is 21.3 Å². The summed E-state index contributed by atoms with van der Waals surface area (Å²) >= 11 is 0. The smallest absolute Gasteiger partial charge is 0.127 e. The highest BCUT2D eigenvalue weighted by Gasteiger charge is 2.21. The molecule has 2 nitrogen and oxygen atoms in total. The standard InChI is InChI=1S/C18H21NO/c1-13-8-10-14(11-9-13)17(19-2)16-7-3-5-15-6-4-12-20-18(15)16/h3,5,7-11,17,19H,4,6,12H2,1-2H3. The minimum atomic E-state index is 0.184.